The van der Waals surface area contributed by atoms with Crippen LogP contribution in [0, 0.1) is 5.41 Å². The van der Waals surface area contributed by atoms with Gasteiger partial charge in [-0.25, -0.2) is 0 Å². The van der Waals surface area contributed by atoms with Crippen molar-refractivity contribution in [2.75, 3.05) is 29.0 Å². The molecule has 0 spiro atoms. The minimum Gasteiger partial charge on any atom is -0.508 e. The first-order valence-electron chi connectivity index (χ1n) is 11.1. The summed E-state index contributed by atoms with van der Waals surface area (Å²) in [6.45, 7) is 6.10. The van der Waals surface area contributed by atoms with Crippen LogP contribution in [0.3, 0.4) is 0 Å². The fourth-order valence-electron chi connectivity index (χ4n) is 5.16. The van der Waals surface area contributed by atoms with Crippen molar-refractivity contribution < 1.29 is 9.90 Å². The standard InChI is InChI=1S/C24H29N5O2/c1-24(2)12-16-19(17(31)13-24)18(14-6-8-15(30)9-7-14)20-21(25)27-23(28-22(20)26-16)29-10-4-3-5-11-29/h6-9,18,30H,3-5,10-13H2,1-2H3,(H3,25,26,27,28). The van der Waals surface area contributed by atoms with Gasteiger partial charge in [-0.15, -0.1) is 0 Å². The lowest BCUT2D eigenvalue weighted by molar-refractivity contribution is -0.118. The molecule has 1 fully saturated rings. The van der Waals surface area contributed by atoms with Crippen LogP contribution in [0.5, 0.6) is 5.75 Å². The number of carbonyl (C=O) groups excluding carboxylic acids is 1. The Hall–Kier alpha value is -3.09. The molecule has 1 aliphatic carbocycles. The van der Waals surface area contributed by atoms with E-state index in [2.05, 4.69) is 29.0 Å². The molecule has 1 aromatic carbocycles. The zero-order chi connectivity index (χ0) is 21.8. The van der Waals surface area contributed by atoms with Gasteiger partial charge in [-0.3, -0.25) is 4.79 Å². The average Bonchev–Trinajstić information content (AvgIpc) is 2.72. The van der Waals surface area contributed by atoms with Gasteiger partial charge < -0.3 is 21.1 Å². The number of allylic oxidation sites excluding steroid dienone is 2. The maximum atomic E-state index is 13.3. The van der Waals surface area contributed by atoms with E-state index in [1.54, 1.807) is 12.1 Å². The molecule has 1 saturated heterocycles. The largest absolute Gasteiger partial charge is 0.508 e. The summed E-state index contributed by atoms with van der Waals surface area (Å²) in [6.07, 6.45) is 4.74. The number of nitrogens with one attached hydrogen (secondary N) is 1. The van der Waals surface area contributed by atoms with Gasteiger partial charge in [0.05, 0.1) is 0 Å². The number of anilines is 3. The maximum absolute atomic E-state index is 13.3. The quantitative estimate of drug-likeness (QED) is 0.677. The van der Waals surface area contributed by atoms with Crippen LogP contribution in [-0.4, -0.2) is 33.9 Å². The van der Waals surface area contributed by atoms with Crippen LogP contribution in [0.2, 0.25) is 0 Å². The lowest BCUT2D eigenvalue weighted by atomic mass is 9.69. The number of Topliss-reactive ketones (excluding diaryl/α,β-unsaturated/α-hetero) is 1. The second-order valence-electron chi connectivity index (χ2n) is 9.70. The molecule has 1 atom stereocenters. The molecule has 7 nitrogen and oxygen atoms in total. The van der Waals surface area contributed by atoms with Crippen LogP contribution < -0.4 is 16.0 Å². The van der Waals surface area contributed by atoms with Gasteiger partial charge in [-0.1, -0.05) is 26.0 Å². The van der Waals surface area contributed by atoms with E-state index in [0.717, 1.165) is 54.7 Å². The summed E-state index contributed by atoms with van der Waals surface area (Å²) < 4.78 is 0. The van der Waals surface area contributed by atoms with Gasteiger partial charge in [0.1, 0.15) is 17.4 Å². The van der Waals surface area contributed by atoms with Gasteiger partial charge in [0.2, 0.25) is 5.95 Å². The Balaban J connectivity index is 1.67. The number of phenolic OH excluding ortho intramolecular Hbond substituents is 1. The minimum absolute atomic E-state index is 0.117. The van der Waals surface area contributed by atoms with Crippen molar-refractivity contribution in [1.82, 2.24) is 9.97 Å². The van der Waals surface area contributed by atoms with Crippen LogP contribution in [0.15, 0.2) is 35.5 Å². The normalized spacial score (nSPS) is 22.6. The van der Waals surface area contributed by atoms with Crippen molar-refractivity contribution in [3.8, 4) is 5.75 Å². The summed E-state index contributed by atoms with van der Waals surface area (Å²) in [5, 5.41) is 13.3. The predicted molar refractivity (Wildman–Crippen MR) is 121 cm³/mol. The summed E-state index contributed by atoms with van der Waals surface area (Å²) in [5.41, 5.74) is 9.74. The molecule has 0 bridgehead atoms. The highest BCUT2D eigenvalue weighted by Crippen LogP contribution is 2.50. The van der Waals surface area contributed by atoms with Crippen molar-refractivity contribution in [1.29, 1.82) is 0 Å². The second kappa shape index (κ2) is 7.25. The molecule has 0 saturated carbocycles. The fraction of sp³-hybridized carbons (Fsp3) is 0.458. The fourth-order valence-corrected chi connectivity index (χ4v) is 5.16. The first kappa shape index (κ1) is 19.8. The third-order valence-corrected chi connectivity index (χ3v) is 6.60. The maximum Gasteiger partial charge on any atom is 0.229 e. The molecule has 5 rings (SSSR count). The van der Waals surface area contributed by atoms with E-state index >= 15 is 0 Å². The molecule has 3 aliphatic rings. The molecular weight excluding hydrogens is 390 g/mol. The Bertz CT molecular complexity index is 1070. The number of nitrogen functional groups attached to an aromatic ring is 1. The van der Waals surface area contributed by atoms with Gasteiger partial charge in [-0.05, 0) is 48.8 Å². The number of nitrogens with zero attached hydrogens (tertiary/aromatic N) is 3. The third-order valence-electron chi connectivity index (χ3n) is 6.60. The number of aromatic hydroxyl groups is 1. The van der Waals surface area contributed by atoms with Crippen LogP contribution in [-0.2, 0) is 4.79 Å². The van der Waals surface area contributed by atoms with E-state index < -0.39 is 0 Å². The number of piperidine rings is 1. The lowest BCUT2D eigenvalue weighted by Crippen LogP contribution is -2.36. The number of hydrogen-bond acceptors (Lipinski definition) is 7. The van der Waals surface area contributed by atoms with Crippen molar-refractivity contribution in [2.45, 2.75) is 51.9 Å². The van der Waals surface area contributed by atoms with Crippen LogP contribution in [0.1, 0.15) is 63.0 Å². The number of fused-ring (bicyclic) bond motifs is 1. The Morgan fingerprint density at radius 1 is 1.10 bits per heavy atom. The summed E-state index contributed by atoms with van der Waals surface area (Å²) >= 11 is 0. The monoisotopic (exact) mass is 419 g/mol. The van der Waals surface area contributed by atoms with E-state index in [1.807, 2.05) is 12.1 Å². The molecule has 7 heteroatoms. The Morgan fingerprint density at radius 2 is 1.81 bits per heavy atom. The first-order valence-corrected chi connectivity index (χ1v) is 11.1. The van der Waals surface area contributed by atoms with E-state index in [-0.39, 0.29) is 22.9 Å². The number of phenols is 1. The zero-order valence-electron chi connectivity index (χ0n) is 18.1. The molecule has 4 N–H and O–H groups in total. The molecule has 2 aliphatic heterocycles. The van der Waals surface area contributed by atoms with Gasteiger partial charge in [0, 0.05) is 42.3 Å². The van der Waals surface area contributed by atoms with E-state index in [0.29, 0.717) is 24.0 Å². The van der Waals surface area contributed by atoms with Gasteiger partial charge in [0.25, 0.3) is 0 Å². The molecular formula is C24H29N5O2. The van der Waals surface area contributed by atoms with Crippen molar-refractivity contribution >= 4 is 23.4 Å². The molecule has 2 aromatic rings. The first-order chi connectivity index (χ1) is 14.8. The second-order valence-corrected chi connectivity index (χ2v) is 9.70. The average molecular weight is 420 g/mol. The number of benzene rings is 1. The van der Waals surface area contributed by atoms with Gasteiger partial charge >= 0.3 is 0 Å². The van der Waals surface area contributed by atoms with Gasteiger partial charge in [-0.2, -0.15) is 9.97 Å². The number of hydrogen-bond donors (Lipinski definition) is 3. The molecule has 3 heterocycles. The zero-order valence-corrected chi connectivity index (χ0v) is 18.1. The summed E-state index contributed by atoms with van der Waals surface area (Å²) in [6, 6.07) is 7.00. The number of carbonyl (C=O) groups is 1. The van der Waals surface area contributed by atoms with Crippen LogP contribution >= 0.6 is 0 Å². The predicted octanol–water partition coefficient (Wildman–Crippen LogP) is 3.96. The molecule has 1 aromatic heterocycles. The Morgan fingerprint density at radius 3 is 2.52 bits per heavy atom. The Labute approximate surface area is 182 Å². The van der Waals surface area contributed by atoms with Crippen molar-refractivity contribution in [3.63, 3.8) is 0 Å². The summed E-state index contributed by atoms with van der Waals surface area (Å²) in [5.74, 6) is 1.72. The highest BCUT2D eigenvalue weighted by atomic mass is 16.3. The lowest BCUT2D eigenvalue weighted by Gasteiger charge is -2.39. The molecule has 31 heavy (non-hydrogen) atoms. The molecule has 1 unspecified atom stereocenters. The summed E-state index contributed by atoms with van der Waals surface area (Å²) in [4.78, 5) is 25.0. The number of nitrogens with two attached hydrogens (primary N) is 1. The summed E-state index contributed by atoms with van der Waals surface area (Å²) in [7, 11) is 0. The van der Waals surface area contributed by atoms with E-state index in [1.165, 1.54) is 6.42 Å². The van der Waals surface area contributed by atoms with Crippen LogP contribution in [0.4, 0.5) is 17.6 Å². The Kier molecular flexibility index (Phi) is 4.64. The van der Waals surface area contributed by atoms with Gasteiger partial charge in [0.15, 0.2) is 5.78 Å². The topological polar surface area (TPSA) is 104 Å². The highest BCUT2D eigenvalue weighted by Gasteiger charge is 2.42. The SMILES string of the molecule is CC1(C)CC(=O)C2=C(C1)Nc1nc(N3CCCCC3)nc(N)c1C2c1ccc(O)cc1. The third kappa shape index (κ3) is 3.52. The minimum atomic E-state index is -0.342. The molecule has 0 amide bonds. The smallest absolute Gasteiger partial charge is 0.229 e. The van der Waals surface area contributed by atoms with Crippen molar-refractivity contribution in [3.05, 3.63) is 46.7 Å². The number of rotatable bonds is 2. The highest BCUT2D eigenvalue weighted by molar-refractivity contribution is 6.02. The van der Waals surface area contributed by atoms with Crippen molar-refractivity contribution in [2.24, 2.45) is 5.41 Å². The molecule has 0 radical (unpaired) electrons. The van der Waals surface area contributed by atoms with E-state index in [4.69, 9.17) is 10.7 Å². The number of aromatic nitrogens is 2. The van der Waals surface area contributed by atoms with Crippen LogP contribution in [0.25, 0.3) is 0 Å². The molecule has 162 valence electrons. The number of ketones is 1. The van der Waals surface area contributed by atoms with E-state index in [9.17, 15) is 9.90 Å².